The van der Waals surface area contributed by atoms with E-state index in [4.69, 9.17) is 4.74 Å². The zero-order valence-corrected chi connectivity index (χ0v) is 13.9. The highest BCUT2D eigenvalue weighted by atomic mass is 16.5. The second kappa shape index (κ2) is 6.22. The molecule has 1 aromatic carbocycles. The summed E-state index contributed by atoms with van der Waals surface area (Å²) in [5.41, 5.74) is -0.726. The number of anilines is 1. The molecule has 2 aliphatic heterocycles. The van der Waals surface area contributed by atoms with Gasteiger partial charge in [0.05, 0.1) is 5.69 Å². The van der Waals surface area contributed by atoms with Gasteiger partial charge in [0, 0.05) is 19.6 Å². The summed E-state index contributed by atoms with van der Waals surface area (Å²) in [4.78, 5) is 29.5. The van der Waals surface area contributed by atoms with Crippen molar-refractivity contribution in [3.05, 3.63) is 24.3 Å². The Morgan fingerprint density at radius 2 is 1.83 bits per heavy atom. The molecule has 1 fully saturated rings. The molecule has 5 nitrogen and oxygen atoms in total. The fourth-order valence-electron chi connectivity index (χ4n) is 3.42. The van der Waals surface area contributed by atoms with Gasteiger partial charge in [0.25, 0.3) is 17.4 Å². The van der Waals surface area contributed by atoms with Crippen LogP contribution in [0.25, 0.3) is 0 Å². The van der Waals surface area contributed by atoms with E-state index in [9.17, 15) is 9.59 Å². The number of para-hydroxylation sites is 2. The maximum absolute atomic E-state index is 13.1. The highest BCUT2D eigenvalue weighted by Gasteiger charge is 2.51. The number of carbonyl (C=O) groups is 2. The number of fused-ring (bicyclic) bond motifs is 1. The summed E-state index contributed by atoms with van der Waals surface area (Å²) in [7, 11) is 0. The third-order valence-corrected chi connectivity index (χ3v) is 4.74. The molecule has 0 aliphatic carbocycles. The monoisotopic (exact) mass is 316 g/mol. The van der Waals surface area contributed by atoms with Crippen molar-refractivity contribution in [2.45, 2.75) is 45.1 Å². The van der Waals surface area contributed by atoms with Gasteiger partial charge in [0.1, 0.15) is 5.75 Å². The van der Waals surface area contributed by atoms with Gasteiger partial charge in [0.15, 0.2) is 0 Å². The van der Waals surface area contributed by atoms with Gasteiger partial charge in [0.2, 0.25) is 0 Å². The van der Waals surface area contributed by atoms with E-state index in [1.54, 1.807) is 16.7 Å². The number of likely N-dealkylation sites (N-methyl/N-ethyl adjacent to an activating group) is 1. The average Bonchev–Trinajstić information content (AvgIpc) is 2.84. The van der Waals surface area contributed by atoms with E-state index in [1.165, 1.54) is 0 Å². The summed E-state index contributed by atoms with van der Waals surface area (Å²) in [6.45, 7) is 5.46. The van der Waals surface area contributed by atoms with Crippen LogP contribution in [0.3, 0.4) is 0 Å². The van der Waals surface area contributed by atoms with Crippen molar-refractivity contribution >= 4 is 17.5 Å². The van der Waals surface area contributed by atoms with Crippen LogP contribution < -0.4 is 9.64 Å². The number of amides is 2. The van der Waals surface area contributed by atoms with Gasteiger partial charge in [-0.05, 0) is 38.8 Å². The lowest BCUT2D eigenvalue weighted by atomic mass is 9.99. The first-order chi connectivity index (χ1) is 11.1. The number of rotatable bonds is 2. The quantitative estimate of drug-likeness (QED) is 0.788. The molecule has 5 heteroatoms. The molecule has 23 heavy (non-hydrogen) atoms. The first-order valence-corrected chi connectivity index (χ1v) is 8.47. The molecule has 124 valence electrons. The van der Waals surface area contributed by atoms with Crippen LogP contribution >= 0.6 is 0 Å². The first-order valence-electron chi connectivity index (χ1n) is 8.47. The Balaban J connectivity index is 1.94. The summed E-state index contributed by atoms with van der Waals surface area (Å²) >= 11 is 0. The van der Waals surface area contributed by atoms with Crippen molar-refractivity contribution in [1.82, 2.24) is 4.90 Å². The second-order valence-corrected chi connectivity index (χ2v) is 6.36. The van der Waals surface area contributed by atoms with Crippen molar-refractivity contribution in [2.75, 3.05) is 24.5 Å². The van der Waals surface area contributed by atoms with Crippen LogP contribution in [0.4, 0.5) is 5.69 Å². The van der Waals surface area contributed by atoms with E-state index >= 15 is 0 Å². The van der Waals surface area contributed by atoms with E-state index in [-0.39, 0.29) is 11.8 Å². The third-order valence-electron chi connectivity index (χ3n) is 4.74. The molecule has 1 atom stereocenters. The Hall–Kier alpha value is -2.04. The zero-order valence-electron chi connectivity index (χ0n) is 13.9. The van der Waals surface area contributed by atoms with Crippen molar-refractivity contribution in [3.63, 3.8) is 0 Å². The second-order valence-electron chi connectivity index (χ2n) is 6.36. The topological polar surface area (TPSA) is 49.9 Å². The number of nitrogens with zero attached hydrogens (tertiary/aromatic N) is 2. The van der Waals surface area contributed by atoms with Crippen LogP contribution in [0.15, 0.2) is 24.3 Å². The molecule has 0 aromatic heterocycles. The molecule has 2 amide bonds. The number of ether oxygens (including phenoxy) is 1. The molecular formula is C18H24N2O3. The molecule has 0 radical (unpaired) electrons. The summed E-state index contributed by atoms with van der Waals surface area (Å²) in [6, 6.07) is 7.40. The smallest absolute Gasteiger partial charge is 0.280 e. The van der Waals surface area contributed by atoms with Gasteiger partial charge in [-0.25, -0.2) is 0 Å². The Labute approximate surface area is 137 Å². The maximum atomic E-state index is 13.1. The summed E-state index contributed by atoms with van der Waals surface area (Å²) in [5, 5.41) is 0. The lowest BCUT2D eigenvalue weighted by Crippen LogP contribution is -2.63. The summed E-state index contributed by atoms with van der Waals surface area (Å²) in [5.74, 6) is 0.116. The minimum absolute atomic E-state index is 0.211. The van der Waals surface area contributed by atoms with Crippen molar-refractivity contribution in [3.8, 4) is 5.75 Å². The van der Waals surface area contributed by atoms with Crippen LogP contribution in [0.2, 0.25) is 0 Å². The van der Waals surface area contributed by atoms with Gasteiger partial charge in [-0.1, -0.05) is 25.0 Å². The van der Waals surface area contributed by atoms with Gasteiger partial charge in [-0.2, -0.15) is 0 Å². The Morgan fingerprint density at radius 1 is 1.17 bits per heavy atom. The Bertz CT molecular complexity index is 608. The van der Waals surface area contributed by atoms with Crippen LogP contribution in [0.5, 0.6) is 5.75 Å². The largest absolute Gasteiger partial charge is 0.465 e. The van der Waals surface area contributed by atoms with Gasteiger partial charge < -0.3 is 14.5 Å². The van der Waals surface area contributed by atoms with Crippen LogP contribution in [-0.2, 0) is 9.59 Å². The number of hydrogen-bond donors (Lipinski definition) is 0. The van der Waals surface area contributed by atoms with Crippen LogP contribution in [-0.4, -0.2) is 41.9 Å². The molecule has 1 saturated heterocycles. The standard InChI is InChI=1S/C18H24N2O3/c1-3-20-14-10-6-7-11-15(14)23-18(2,17(20)22)16(21)19-12-8-4-5-9-13-19/h6-7,10-11H,3-5,8-9,12-13H2,1-2H3. The zero-order chi connectivity index (χ0) is 16.4. The van der Waals surface area contributed by atoms with E-state index in [0.717, 1.165) is 31.4 Å². The number of carbonyl (C=O) groups excluding carboxylic acids is 2. The Morgan fingerprint density at radius 3 is 2.48 bits per heavy atom. The van der Waals surface area contributed by atoms with E-state index < -0.39 is 5.60 Å². The van der Waals surface area contributed by atoms with Gasteiger partial charge in [-0.15, -0.1) is 0 Å². The normalized spacial score (nSPS) is 24.7. The predicted octanol–water partition coefficient (Wildman–Crippen LogP) is 2.59. The minimum atomic E-state index is -1.46. The molecule has 0 saturated carbocycles. The molecule has 0 bridgehead atoms. The molecule has 0 spiro atoms. The fraction of sp³-hybridized carbons (Fsp3) is 0.556. The van der Waals surface area contributed by atoms with E-state index in [1.807, 2.05) is 31.2 Å². The third kappa shape index (κ3) is 2.69. The molecule has 1 aromatic rings. The fourth-order valence-corrected chi connectivity index (χ4v) is 3.42. The Kier molecular flexibility index (Phi) is 4.28. The lowest BCUT2D eigenvalue weighted by molar-refractivity contribution is -0.155. The van der Waals surface area contributed by atoms with Crippen LogP contribution in [0.1, 0.15) is 39.5 Å². The molecule has 3 rings (SSSR count). The van der Waals surface area contributed by atoms with E-state index in [0.29, 0.717) is 25.4 Å². The predicted molar refractivity (Wildman–Crippen MR) is 88.6 cm³/mol. The molecule has 0 N–H and O–H groups in total. The minimum Gasteiger partial charge on any atom is -0.465 e. The van der Waals surface area contributed by atoms with Crippen molar-refractivity contribution in [2.24, 2.45) is 0 Å². The van der Waals surface area contributed by atoms with Crippen molar-refractivity contribution < 1.29 is 14.3 Å². The van der Waals surface area contributed by atoms with Crippen molar-refractivity contribution in [1.29, 1.82) is 0 Å². The number of benzene rings is 1. The first kappa shape index (κ1) is 15.8. The van der Waals surface area contributed by atoms with Gasteiger partial charge in [-0.3, -0.25) is 9.59 Å². The van der Waals surface area contributed by atoms with Gasteiger partial charge >= 0.3 is 0 Å². The number of likely N-dealkylation sites (tertiary alicyclic amines) is 1. The lowest BCUT2D eigenvalue weighted by Gasteiger charge is -2.41. The maximum Gasteiger partial charge on any atom is 0.280 e. The summed E-state index contributed by atoms with van der Waals surface area (Å²) < 4.78 is 5.94. The molecule has 2 aliphatic rings. The average molecular weight is 316 g/mol. The molecule has 1 unspecified atom stereocenters. The summed E-state index contributed by atoms with van der Waals surface area (Å²) in [6.07, 6.45) is 4.26. The molecular weight excluding hydrogens is 292 g/mol. The number of hydrogen-bond acceptors (Lipinski definition) is 3. The van der Waals surface area contributed by atoms with E-state index in [2.05, 4.69) is 0 Å². The SMILES string of the molecule is CCN1C(=O)C(C)(C(=O)N2CCCCCC2)Oc2ccccc21. The highest BCUT2D eigenvalue weighted by Crippen LogP contribution is 2.38. The van der Waals surface area contributed by atoms with Crippen LogP contribution in [0, 0.1) is 0 Å². The highest BCUT2D eigenvalue weighted by molar-refractivity contribution is 6.16. The molecule has 2 heterocycles.